The number of nitrogens with one attached hydrogen (secondary N) is 1. The summed E-state index contributed by atoms with van der Waals surface area (Å²) in [6.45, 7) is 0. The largest absolute Gasteiger partial charge is 0.315 e. The lowest BCUT2D eigenvalue weighted by Gasteiger charge is -2.29. The Labute approximate surface area is 113 Å². The summed E-state index contributed by atoms with van der Waals surface area (Å²) in [5.41, 5.74) is 1.27. The number of benzene rings is 1. The van der Waals surface area contributed by atoms with Crippen LogP contribution in [-0.2, 0) is 14.8 Å². The van der Waals surface area contributed by atoms with Crippen molar-refractivity contribution < 1.29 is 13.2 Å². The van der Waals surface area contributed by atoms with Gasteiger partial charge in [-0.2, -0.15) is 0 Å². The first kappa shape index (κ1) is 13.9. The topological polar surface area (TPSA) is 66.5 Å². The third-order valence-corrected chi connectivity index (χ3v) is 3.95. The molecule has 1 aliphatic rings. The fourth-order valence-corrected chi connectivity index (χ4v) is 2.59. The van der Waals surface area contributed by atoms with E-state index in [-0.39, 0.29) is 11.8 Å². The Bertz CT molecular complexity index is 562. The van der Waals surface area contributed by atoms with Gasteiger partial charge in [0, 0.05) is 24.3 Å². The molecular weight excluding hydrogens is 264 g/mol. The molecule has 5 nitrogen and oxygen atoms in total. The van der Waals surface area contributed by atoms with Crippen molar-refractivity contribution in [3.63, 3.8) is 0 Å². The summed E-state index contributed by atoms with van der Waals surface area (Å²) in [5.74, 6) is 0.286. The van der Waals surface area contributed by atoms with Gasteiger partial charge in [-0.25, -0.2) is 8.42 Å². The predicted octanol–water partition coefficient (Wildman–Crippen LogP) is 1.82. The van der Waals surface area contributed by atoms with Gasteiger partial charge in [-0.3, -0.25) is 9.52 Å². The molecule has 0 spiro atoms. The van der Waals surface area contributed by atoms with E-state index in [1.807, 2.05) is 0 Å². The molecule has 1 N–H and O–H groups in total. The van der Waals surface area contributed by atoms with Crippen molar-refractivity contribution in [1.29, 1.82) is 0 Å². The van der Waals surface area contributed by atoms with E-state index >= 15 is 0 Å². The molecule has 1 aromatic rings. The molecule has 104 valence electrons. The summed E-state index contributed by atoms with van der Waals surface area (Å²) in [5, 5.41) is 0. The van der Waals surface area contributed by atoms with Gasteiger partial charge in [0.15, 0.2) is 0 Å². The van der Waals surface area contributed by atoms with Gasteiger partial charge in [0.2, 0.25) is 15.9 Å². The molecule has 1 saturated carbocycles. The Balaban J connectivity index is 2.07. The van der Waals surface area contributed by atoms with E-state index in [1.54, 1.807) is 36.2 Å². The number of carbonyl (C=O) groups excluding carboxylic acids is 1. The molecule has 0 radical (unpaired) electrons. The van der Waals surface area contributed by atoms with Crippen molar-refractivity contribution in [2.24, 2.45) is 5.92 Å². The van der Waals surface area contributed by atoms with E-state index in [0.717, 1.165) is 31.2 Å². The summed E-state index contributed by atoms with van der Waals surface area (Å²) >= 11 is 0. The highest BCUT2D eigenvalue weighted by Crippen LogP contribution is 2.29. The van der Waals surface area contributed by atoms with Gasteiger partial charge >= 0.3 is 0 Å². The second kappa shape index (κ2) is 5.21. The summed E-state index contributed by atoms with van der Waals surface area (Å²) in [6.07, 6.45) is 4.17. The number of amides is 1. The first-order valence-corrected chi connectivity index (χ1v) is 8.11. The smallest absolute Gasteiger partial charge is 0.229 e. The Kier molecular flexibility index (Phi) is 3.80. The molecule has 2 rings (SSSR count). The number of hydrogen-bond donors (Lipinski definition) is 1. The van der Waals surface area contributed by atoms with Gasteiger partial charge in [0.25, 0.3) is 0 Å². The molecule has 1 aliphatic carbocycles. The van der Waals surface area contributed by atoms with Crippen molar-refractivity contribution in [3.05, 3.63) is 24.3 Å². The Morgan fingerprint density at radius 3 is 2.26 bits per heavy atom. The highest BCUT2D eigenvalue weighted by atomic mass is 32.2. The van der Waals surface area contributed by atoms with Crippen LogP contribution in [0.3, 0.4) is 0 Å². The quantitative estimate of drug-likeness (QED) is 0.916. The maximum Gasteiger partial charge on any atom is 0.229 e. The lowest BCUT2D eigenvalue weighted by Crippen LogP contribution is -2.36. The summed E-state index contributed by atoms with van der Waals surface area (Å²) < 4.78 is 24.6. The predicted molar refractivity (Wildman–Crippen MR) is 75.7 cm³/mol. The van der Waals surface area contributed by atoms with E-state index in [2.05, 4.69) is 4.72 Å². The van der Waals surface area contributed by atoms with Crippen LogP contribution in [0.25, 0.3) is 0 Å². The molecule has 0 aromatic heterocycles. The molecule has 0 saturated heterocycles. The van der Waals surface area contributed by atoms with Crippen molar-refractivity contribution in [2.75, 3.05) is 22.9 Å². The van der Waals surface area contributed by atoms with Crippen molar-refractivity contribution in [1.82, 2.24) is 0 Å². The lowest BCUT2D eigenvalue weighted by atomic mass is 9.84. The second-order valence-electron chi connectivity index (χ2n) is 4.95. The number of anilines is 2. The molecule has 0 aliphatic heterocycles. The maximum atomic E-state index is 12.1. The normalized spacial score (nSPS) is 15.7. The molecule has 1 amide bonds. The summed E-state index contributed by atoms with van der Waals surface area (Å²) in [4.78, 5) is 13.7. The van der Waals surface area contributed by atoms with Crippen molar-refractivity contribution in [3.8, 4) is 0 Å². The van der Waals surface area contributed by atoms with Crippen LogP contribution >= 0.6 is 0 Å². The Morgan fingerprint density at radius 1 is 1.26 bits per heavy atom. The van der Waals surface area contributed by atoms with Gasteiger partial charge in [-0.1, -0.05) is 6.42 Å². The van der Waals surface area contributed by atoms with E-state index < -0.39 is 10.0 Å². The van der Waals surface area contributed by atoms with Crippen LogP contribution in [0.4, 0.5) is 11.4 Å². The number of rotatable bonds is 4. The van der Waals surface area contributed by atoms with Crippen LogP contribution in [0, 0.1) is 5.92 Å². The molecule has 1 aromatic carbocycles. The number of carbonyl (C=O) groups is 1. The molecule has 0 unspecified atom stereocenters. The van der Waals surface area contributed by atoms with E-state index in [1.165, 1.54) is 0 Å². The second-order valence-corrected chi connectivity index (χ2v) is 6.69. The third-order valence-electron chi connectivity index (χ3n) is 3.34. The highest BCUT2D eigenvalue weighted by Gasteiger charge is 2.28. The van der Waals surface area contributed by atoms with Crippen molar-refractivity contribution in [2.45, 2.75) is 19.3 Å². The van der Waals surface area contributed by atoms with Crippen LogP contribution < -0.4 is 9.62 Å². The van der Waals surface area contributed by atoms with E-state index in [9.17, 15) is 13.2 Å². The molecule has 0 atom stereocenters. The summed E-state index contributed by atoms with van der Waals surface area (Å²) in [7, 11) is -1.52. The molecule has 0 heterocycles. The van der Waals surface area contributed by atoms with Crippen LogP contribution in [0.2, 0.25) is 0 Å². The molecule has 1 fully saturated rings. The van der Waals surface area contributed by atoms with E-state index in [0.29, 0.717) is 5.69 Å². The zero-order chi connectivity index (χ0) is 14.0. The Morgan fingerprint density at radius 2 is 1.84 bits per heavy atom. The molecule has 6 heteroatoms. The van der Waals surface area contributed by atoms with Crippen LogP contribution in [0.1, 0.15) is 19.3 Å². The van der Waals surface area contributed by atoms with Crippen LogP contribution in [-0.4, -0.2) is 27.6 Å². The Hall–Kier alpha value is -1.56. The number of nitrogens with zero attached hydrogens (tertiary/aromatic N) is 1. The highest BCUT2D eigenvalue weighted by molar-refractivity contribution is 7.92. The molecule has 19 heavy (non-hydrogen) atoms. The van der Waals surface area contributed by atoms with Crippen LogP contribution in [0.5, 0.6) is 0 Å². The zero-order valence-corrected chi connectivity index (χ0v) is 11.9. The van der Waals surface area contributed by atoms with Gasteiger partial charge in [0.1, 0.15) is 0 Å². The SMILES string of the molecule is CN(C(=O)C1CCC1)c1ccc(NS(C)(=O)=O)cc1. The van der Waals surface area contributed by atoms with Crippen molar-refractivity contribution >= 4 is 27.3 Å². The van der Waals surface area contributed by atoms with E-state index in [4.69, 9.17) is 0 Å². The van der Waals surface area contributed by atoms with Gasteiger partial charge in [0.05, 0.1) is 6.26 Å². The first-order valence-electron chi connectivity index (χ1n) is 6.22. The standard InChI is InChI=1S/C13H18N2O3S/c1-15(13(16)10-4-3-5-10)12-8-6-11(7-9-12)14-19(2,17)18/h6-10,14H,3-5H2,1-2H3. The monoisotopic (exact) mass is 282 g/mol. The maximum absolute atomic E-state index is 12.1. The zero-order valence-electron chi connectivity index (χ0n) is 11.1. The first-order chi connectivity index (χ1) is 8.87. The third kappa shape index (κ3) is 3.47. The number of sulfonamides is 1. The average Bonchev–Trinajstić information content (AvgIpc) is 2.24. The molecular formula is C13H18N2O3S. The average molecular weight is 282 g/mol. The van der Waals surface area contributed by atoms with Gasteiger partial charge < -0.3 is 4.90 Å². The fraction of sp³-hybridized carbons (Fsp3) is 0.462. The summed E-state index contributed by atoms with van der Waals surface area (Å²) in [6, 6.07) is 6.79. The fourth-order valence-electron chi connectivity index (χ4n) is 2.02. The van der Waals surface area contributed by atoms with Crippen LogP contribution in [0.15, 0.2) is 24.3 Å². The van der Waals surface area contributed by atoms with Gasteiger partial charge in [-0.15, -0.1) is 0 Å². The minimum atomic E-state index is -3.27. The minimum Gasteiger partial charge on any atom is -0.315 e. The number of hydrogen-bond acceptors (Lipinski definition) is 3. The minimum absolute atomic E-state index is 0.134. The molecule has 0 bridgehead atoms. The van der Waals surface area contributed by atoms with Gasteiger partial charge in [-0.05, 0) is 37.1 Å². The lowest BCUT2D eigenvalue weighted by molar-refractivity contribution is -0.124.